The highest BCUT2D eigenvalue weighted by molar-refractivity contribution is 6.09. The highest BCUT2D eigenvalue weighted by Gasteiger charge is 2.19. The zero-order chi connectivity index (χ0) is 19.9. The number of esters is 1. The average Bonchev–Trinajstić information content (AvgIpc) is 2.74. The molecule has 3 aromatic rings. The standard InChI is InChI=1S/C23H19NO4/c1-16(22(26)24-20-10-6-3-7-11-20)28-23(27)19-14-12-18(13-15-19)21(25)17-8-4-2-5-9-17/h2-16H,1H3,(H,24,26)/t16-/m0/s1. The van der Waals surface area contributed by atoms with E-state index >= 15 is 0 Å². The maximum Gasteiger partial charge on any atom is 0.338 e. The smallest absolute Gasteiger partial charge is 0.338 e. The van der Waals surface area contributed by atoms with Crippen LogP contribution in [0.2, 0.25) is 0 Å². The molecule has 0 aliphatic heterocycles. The summed E-state index contributed by atoms with van der Waals surface area (Å²) in [7, 11) is 0. The van der Waals surface area contributed by atoms with E-state index in [1.807, 2.05) is 12.1 Å². The van der Waals surface area contributed by atoms with E-state index in [0.29, 0.717) is 16.8 Å². The molecular formula is C23H19NO4. The summed E-state index contributed by atoms with van der Waals surface area (Å²) < 4.78 is 5.22. The lowest BCUT2D eigenvalue weighted by Crippen LogP contribution is -2.30. The maximum atomic E-state index is 12.4. The predicted molar refractivity (Wildman–Crippen MR) is 106 cm³/mol. The Hall–Kier alpha value is -3.73. The van der Waals surface area contributed by atoms with Crippen LogP contribution in [-0.4, -0.2) is 23.8 Å². The molecule has 1 amide bonds. The van der Waals surface area contributed by atoms with E-state index in [2.05, 4.69) is 5.32 Å². The number of benzene rings is 3. The van der Waals surface area contributed by atoms with Gasteiger partial charge in [-0.3, -0.25) is 9.59 Å². The van der Waals surface area contributed by atoms with Crippen LogP contribution in [0.3, 0.4) is 0 Å². The lowest BCUT2D eigenvalue weighted by molar-refractivity contribution is -0.123. The van der Waals surface area contributed by atoms with Crippen molar-refractivity contribution in [2.24, 2.45) is 0 Å². The topological polar surface area (TPSA) is 72.5 Å². The molecule has 0 saturated heterocycles. The van der Waals surface area contributed by atoms with Gasteiger partial charge in [0.1, 0.15) is 0 Å². The quantitative estimate of drug-likeness (QED) is 0.521. The first-order chi connectivity index (χ1) is 13.5. The van der Waals surface area contributed by atoms with Crippen LogP contribution in [0.15, 0.2) is 84.9 Å². The molecule has 0 aliphatic rings. The van der Waals surface area contributed by atoms with Gasteiger partial charge in [-0.15, -0.1) is 0 Å². The molecule has 28 heavy (non-hydrogen) atoms. The van der Waals surface area contributed by atoms with Gasteiger partial charge in [0, 0.05) is 16.8 Å². The average molecular weight is 373 g/mol. The first-order valence-electron chi connectivity index (χ1n) is 8.81. The van der Waals surface area contributed by atoms with Gasteiger partial charge >= 0.3 is 5.97 Å². The van der Waals surface area contributed by atoms with Gasteiger partial charge < -0.3 is 10.1 Å². The molecule has 3 rings (SSSR count). The minimum atomic E-state index is -0.960. The van der Waals surface area contributed by atoms with Crippen molar-refractivity contribution in [2.45, 2.75) is 13.0 Å². The Morgan fingerprint density at radius 2 is 1.21 bits per heavy atom. The fraction of sp³-hybridized carbons (Fsp3) is 0.0870. The highest BCUT2D eigenvalue weighted by Crippen LogP contribution is 2.13. The molecule has 0 unspecified atom stereocenters. The van der Waals surface area contributed by atoms with Gasteiger partial charge in [0.2, 0.25) is 0 Å². The van der Waals surface area contributed by atoms with E-state index in [-0.39, 0.29) is 11.3 Å². The van der Waals surface area contributed by atoms with E-state index in [1.165, 1.54) is 19.1 Å². The Bertz CT molecular complexity index is 967. The summed E-state index contributed by atoms with van der Waals surface area (Å²) in [6.07, 6.45) is -0.960. The van der Waals surface area contributed by atoms with Crippen LogP contribution in [0.5, 0.6) is 0 Å². The summed E-state index contributed by atoms with van der Waals surface area (Å²) in [6.45, 7) is 1.50. The lowest BCUT2D eigenvalue weighted by Gasteiger charge is -2.13. The summed E-state index contributed by atoms with van der Waals surface area (Å²) in [5.41, 5.74) is 1.93. The fourth-order valence-electron chi connectivity index (χ4n) is 2.56. The van der Waals surface area contributed by atoms with Crippen LogP contribution >= 0.6 is 0 Å². The number of ether oxygens (including phenoxy) is 1. The van der Waals surface area contributed by atoms with E-state index < -0.39 is 18.0 Å². The van der Waals surface area contributed by atoms with Gasteiger partial charge in [-0.2, -0.15) is 0 Å². The van der Waals surface area contributed by atoms with Gasteiger partial charge in [-0.1, -0.05) is 60.7 Å². The molecule has 5 nitrogen and oxygen atoms in total. The summed E-state index contributed by atoms with van der Waals surface area (Å²) >= 11 is 0. The molecule has 0 fully saturated rings. The minimum absolute atomic E-state index is 0.129. The minimum Gasteiger partial charge on any atom is -0.449 e. The van der Waals surface area contributed by atoms with Gasteiger partial charge in [0.25, 0.3) is 5.91 Å². The number of para-hydroxylation sites is 1. The van der Waals surface area contributed by atoms with Gasteiger partial charge in [-0.05, 0) is 31.2 Å². The summed E-state index contributed by atoms with van der Waals surface area (Å²) in [6, 6.07) is 24.0. The number of rotatable bonds is 6. The van der Waals surface area contributed by atoms with Crippen LogP contribution in [0.4, 0.5) is 5.69 Å². The molecule has 0 aliphatic carbocycles. The number of carbonyl (C=O) groups is 3. The molecule has 5 heteroatoms. The maximum absolute atomic E-state index is 12.4. The highest BCUT2D eigenvalue weighted by atomic mass is 16.5. The van der Waals surface area contributed by atoms with E-state index in [4.69, 9.17) is 4.74 Å². The number of ketones is 1. The van der Waals surface area contributed by atoms with Gasteiger partial charge in [0.15, 0.2) is 11.9 Å². The van der Waals surface area contributed by atoms with Crippen molar-refractivity contribution in [3.8, 4) is 0 Å². The van der Waals surface area contributed by atoms with E-state index in [9.17, 15) is 14.4 Å². The van der Waals surface area contributed by atoms with Crippen LogP contribution < -0.4 is 5.32 Å². The fourth-order valence-corrected chi connectivity index (χ4v) is 2.56. The third-order valence-corrected chi connectivity index (χ3v) is 4.11. The van der Waals surface area contributed by atoms with Crippen LogP contribution in [0.25, 0.3) is 0 Å². The van der Waals surface area contributed by atoms with Crippen LogP contribution in [-0.2, 0) is 9.53 Å². The van der Waals surface area contributed by atoms with Crippen molar-refractivity contribution in [3.05, 3.63) is 102 Å². The number of hydrogen-bond acceptors (Lipinski definition) is 4. The van der Waals surface area contributed by atoms with Crippen molar-refractivity contribution in [3.63, 3.8) is 0 Å². The number of amides is 1. The molecule has 0 radical (unpaired) electrons. The second-order valence-electron chi connectivity index (χ2n) is 6.18. The lowest BCUT2D eigenvalue weighted by atomic mass is 10.0. The van der Waals surface area contributed by atoms with Crippen molar-refractivity contribution in [1.29, 1.82) is 0 Å². The summed E-state index contributed by atoms with van der Waals surface area (Å²) in [5, 5.41) is 2.68. The van der Waals surface area contributed by atoms with Crippen molar-refractivity contribution >= 4 is 23.3 Å². The number of nitrogens with one attached hydrogen (secondary N) is 1. The SMILES string of the molecule is C[C@H](OC(=O)c1ccc(C(=O)c2ccccc2)cc1)C(=O)Nc1ccccc1. The molecule has 1 atom stereocenters. The largest absolute Gasteiger partial charge is 0.449 e. The Labute approximate surface area is 163 Å². The first-order valence-corrected chi connectivity index (χ1v) is 8.81. The zero-order valence-corrected chi connectivity index (χ0v) is 15.3. The van der Waals surface area contributed by atoms with Crippen molar-refractivity contribution < 1.29 is 19.1 Å². The number of hydrogen-bond donors (Lipinski definition) is 1. The molecule has 140 valence electrons. The Balaban J connectivity index is 1.61. The third kappa shape index (κ3) is 4.71. The van der Waals surface area contributed by atoms with Crippen LogP contribution in [0, 0.1) is 0 Å². The van der Waals surface area contributed by atoms with Gasteiger partial charge in [0.05, 0.1) is 5.56 Å². The molecule has 1 N–H and O–H groups in total. The number of carbonyl (C=O) groups excluding carboxylic acids is 3. The Morgan fingerprint density at radius 3 is 1.82 bits per heavy atom. The molecule has 0 saturated carbocycles. The molecular weight excluding hydrogens is 354 g/mol. The molecule has 0 bridgehead atoms. The second kappa shape index (κ2) is 8.77. The molecule has 3 aromatic carbocycles. The first kappa shape index (κ1) is 19.0. The van der Waals surface area contributed by atoms with Crippen molar-refractivity contribution in [1.82, 2.24) is 0 Å². The zero-order valence-electron chi connectivity index (χ0n) is 15.3. The van der Waals surface area contributed by atoms with Crippen molar-refractivity contribution in [2.75, 3.05) is 5.32 Å². The summed E-state index contributed by atoms with van der Waals surface area (Å²) in [5.74, 6) is -1.18. The van der Waals surface area contributed by atoms with E-state index in [0.717, 1.165) is 0 Å². The third-order valence-electron chi connectivity index (χ3n) is 4.11. The molecule has 0 aromatic heterocycles. The summed E-state index contributed by atoms with van der Waals surface area (Å²) in [4.78, 5) is 36.8. The predicted octanol–water partition coefficient (Wildman–Crippen LogP) is 4.10. The Morgan fingerprint density at radius 1 is 0.714 bits per heavy atom. The monoisotopic (exact) mass is 373 g/mol. The Kier molecular flexibility index (Phi) is 5.97. The molecule has 0 heterocycles. The van der Waals surface area contributed by atoms with Gasteiger partial charge in [-0.25, -0.2) is 4.79 Å². The second-order valence-corrected chi connectivity index (χ2v) is 6.18. The normalized spacial score (nSPS) is 11.3. The van der Waals surface area contributed by atoms with E-state index in [1.54, 1.807) is 60.7 Å². The number of anilines is 1. The molecule has 0 spiro atoms. The van der Waals surface area contributed by atoms with Crippen LogP contribution in [0.1, 0.15) is 33.2 Å².